The van der Waals surface area contributed by atoms with E-state index in [0.717, 1.165) is 36.8 Å². The Bertz CT molecular complexity index is 339. The Hall–Kier alpha value is -0.120. The Morgan fingerprint density at radius 2 is 1.63 bits per heavy atom. The van der Waals surface area contributed by atoms with E-state index in [1.54, 1.807) is 0 Å². The normalized spacial score (nSPS) is 52.9. The second-order valence-corrected chi connectivity index (χ2v) is 8.19. The molecular weight excluding hydrogens is 236 g/mol. The molecule has 0 aromatic carbocycles. The summed E-state index contributed by atoms with van der Waals surface area (Å²) in [5.74, 6) is 4.37. The van der Waals surface area contributed by atoms with Crippen molar-refractivity contribution in [1.82, 2.24) is 5.32 Å². The van der Waals surface area contributed by atoms with Crippen molar-refractivity contribution in [2.45, 2.75) is 57.2 Å². The predicted octanol–water partition coefficient (Wildman–Crippen LogP) is 2.11. The molecule has 1 aliphatic heterocycles. The van der Waals surface area contributed by atoms with Crippen molar-refractivity contribution in [2.24, 2.45) is 35.3 Å². The van der Waals surface area contributed by atoms with Gasteiger partial charge >= 0.3 is 0 Å². The van der Waals surface area contributed by atoms with Crippen LogP contribution < -0.4 is 11.1 Å². The molecule has 5 rings (SSSR count). The molecule has 3 N–H and O–H groups in total. The molecule has 3 nitrogen and oxygen atoms in total. The van der Waals surface area contributed by atoms with Gasteiger partial charge in [0.2, 0.25) is 0 Å². The van der Waals surface area contributed by atoms with Crippen molar-refractivity contribution in [2.75, 3.05) is 13.2 Å². The first kappa shape index (κ1) is 12.6. The van der Waals surface area contributed by atoms with E-state index in [-0.39, 0.29) is 11.3 Å². The summed E-state index contributed by atoms with van der Waals surface area (Å²) in [7, 11) is 0. The minimum Gasteiger partial charge on any atom is -0.357 e. The van der Waals surface area contributed by atoms with E-state index in [9.17, 15) is 0 Å². The summed E-state index contributed by atoms with van der Waals surface area (Å²) < 4.78 is 6.29. The van der Waals surface area contributed by atoms with Crippen LogP contribution in [0, 0.1) is 29.6 Å². The number of ether oxygens (including phenoxy) is 1. The van der Waals surface area contributed by atoms with Crippen LogP contribution in [-0.4, -0.2) is 24.4 Å². The highest BCUT2D eigenvalue weighted by Gasteiger charge is 2.61. The lowest BCUT2D eigenvalue weighted by Crippen LogP contribution is -2.71. The van der Waals surface area contributed by atoms with Crippen LogP contribution in [0.3, 0.4) is 0 Å². The lowest BCUT2D eigenvalue weighted by Gasteiger charge is -2.61. The van der Waals surface area contributed by atoms with Gasteiger partial charge in [-0.1, -0.05) is 0 Å². The van der Waals surface area contributed by atoms with Crippen LogP contribution in [0.5, 0.6) is 0 Å². The fourth-order valence-electron chi connectivity index (χ4n) is 6.15. The molecule has 0 aromatic rings. The van der Waals surface area contributed by atoms with Crippen LogP contribution in [0.25, 0.3) is 0 Å². The van der Waals surface area contributed by atoms with Gasteiger partial charge in [-0.05, 0) is 69.6 Å². The van der Waals surface area contributed by atoms with Crippen LogP contribution in [0.1, 0.15) is 46.0 Å². The molecule has 0 spiro atoms. The summed E-state index contributed by atoms with van der Waals surface area (Å²) in [4.78, 5) is 0. The summed E-state index contributed by atoms with van der Waals surface area (Å²) in [6.45, 7) is 6.08. The van der Waals surface area contributed by atoms with E-state index < -0.39 is 0 Å². The Morgan fingerprint density at radius 3 is 2.05 bits per heavy atom. The average molecular weight is 264 g/mol. The van der Waals surface area contributed by atoms with Crippen LogP contribution in [0.4, 0.5) is 0 Å². The van der Waals surface area contributed by atoms with E-state index in [2.05, 4.69) is 19.2 Å². The molecule has 1 saturated heterocycles. The van der Waals surface area contributed by atoms with Crippen molar-refractivity contribution in [3.8, 4) is 0 Å². The smallest absolute Gasteiger partial charge is 0.140 e. The maximum Gasteiger partial charge on any atom is 0.140 e. The van der Waals surface area contributed by atoms with Crippen molar-refractivity contribution >= 4 is 0 Å². The Labute approximate surface area is 116 Å². The second kappa shape index (κ2) is 3.96. The highest BCUT2D eigenvalue weighted by atomic mass is 16.5. The number of hydrogen-bond donors (Lipinski definition) is 2. The van der Waals surface area contributed by atoms with Gasteiger partial charge in [0.05, 0.1) is 12.1 Å². The summed E-state index contributed by atoms with van der Waals surface area (Å²) in [5.41, 5.74) is 6.00. The summed E-state index contributed by atoms with van der Waals surface area (Å²) in [5, 5.41) is 3.69. The first-order valence-corrected chi connectivity index (χ1v) is 8.17. The van der Waals surface area contributed by atoms with Gasteiger partial charge in [0.1, 0.15) is 5.72 Å². The number of rotatable bonds is 2. The topological polar surface area (TPSA) is 47.3 Å². The van der Waals surface area contributed by atoms with Gasteiger partial charge in [-0.25, -0.2) is 0 Å². The minimum absolute atomic E-state index is 0.268. The molecule has 4 bridgehead atoms. The van der Waals surface area contributed by atoms with E-state index in [0.29, 0.717) is 5.92 Å². The number of hydrogen-bond acceptors (Lipinski definition) is 3. The summed E-state index contributed by atoms with van der Waals surface area (Å²) in [6, 6.07) is 0. The Morgan fingerprint density at radius 1 is 1.05 bits per heavy atom. The molecule has 4 aliphatic carbocycles. The molecule has 1 heterocycles. The first-order valence-electron chi connectivity index (χ1n) is 8.17. The van der Waals surface area contributed by atoms with Gasteiger partial charge in [-0.15, -0.1) is 0 Å². The van der Waals surface area contributed by atoms with Gasteiger partial charge in [0.25, 0.3) is 0 Å². The van der Waals surface area contributed by atoms with E-state index in [1.807, 2.05) is 0 Å². The predicted molar refractivity (Wildman–Crippen MR) is 75.5 cm³/mol. The maximum absolute atomic E-state index is 6.57. The van der Waals surface area contributed by atoms with Crippen molar-refractivity contribution in [3.05, 3.63) is 0 Å². The molecule has 1 atom stereocenters. The Kier molecular flexibility index (Phi) is 2.63. The maximum atomic E-state index is 6.57. The largest absolute Gasteiger partial charge is 0.357 e. The van der Waals surface area contributed by atoms with Gasteiger partial charge in [-0.2, -0.15) is 0 Å². The molecule has 0 radical (unpaired) electrons. The zero-order valence-corrected chi connectivity index (χ0v) is 12.3. The Balaban J connectivity index is 1.70. The van der Waals surface area contributed by atoms with Crippen molar-refractivity contribution < 1.29 is 4.74 Å². The van der Waals surface area contributed by atoms with E-state index in [4.69, 9.17) is 10.5 Å². The molecule has 0 amide bonds. The highest BCUT2D eigenvalue weighted by molar-refractivity contribution is 5.12. The monoisotopic (exact) mass is 264 g/mol. The lowest BCUT2D eigenvalue weighted by atomic mass is 9.48. The fourth-order valence-corrected chi connectivity index (χ4v) is 6.15. The molecule has 0 aromatic heterocycles. The van der Waals surface area contributed by atoms with E-state index >= 15 is 0 Å². The number of nitrogens with one attached hydrogen (secondary N) is 1. The second-order valence-electron chi connectivity index (χ2n) is 8.19. The first-order chi connectivity index (χ1) is 8.99. The van der Waals surface area contributed by atoms with Crippen LogP contribution in [0.2, 0.25) is 0 Å². The van der Waals surface area contributed by atoms with Gasteiger partial charge in [-0.3, -0.25) is 5.32 Å². The van der Waals surface area contributed by atoms with Crippen LogP contribution in [-0.2, 0) is 4.74 Å². The summed E-state index contributed by atoms with van der Waals surface area (Å²) in [6.07, 6.45) is 7.23. The van der Waals surface area contributed by atoms with Crippen molar-refractivity contribution in [3.63, 3.8) is 0 Å². The van der Waals surface area contributed by atoms with Crippen LogP contribution >= 0.6 is 0 Å². The fraction of sp³-hybridized carbons (Fsp3) is 1.00. The third kappa shape index (κ3) is 1.68. The summed E-state index contributed by atoms with van der Waals surface area (Å²) >= 11 is 0. The van der Waals surface area contributed by atoms with Crippen molar-refractivity contribution in [1.29, 1.82) is 0 Å². The molecule has 5 aliphatic rings. The molecule has 3 heteroatoms. The third-order valence-electron chi connectivity index (χ3n) is 6.47. The number of nitrogens with two attached hydrogens (primary N) is 1. The molecule has 4 saturated carbocycles. The average Bonchev–Trinajstić information content (AvgIpc) is 2.77. The molecule has 5 fully saturated rings. The molecule has 108 valence electrons. The molecular formula is C16H28N2O. The highest BCUT2D eigenvalue weighted by Crippen LogP contribution is 2.60. The third-order valence-corrected chi connectivity index (χ3v) is 6.47. The van der Waals surface area contributed by atoms with Gasteiger partial charge < -0.3 is 10.5 Å². The molecule has 19 heavy (non-hydrogen) atoms. The standard InChI is InChI=1S/C16H28N2O/c1-15(2,17)16(18-3-4-19-16)14-12-6-10-5-11(8-12)9-13(14)7-10/h10-14,18H,3-9,17H2,1-2H3. The van der Waals surface area contributed by atoms with Crippen LogP contribution in [0.15, 0.2) is 0 Å². The zero-order chi connectivity index (χ0) is 13.3. The molecule has 1 unspecified atom stereocenters. The van der Waals surface area contributed by atoms with Gasteiger partial charge in [0, 0.05) is 12.5 Å². The quantitative estimate of drug-likeness (QED) is 0.803. The lowest BCUT2D eigenvalue weighted by molar-refractivity contribution is -0.184. The SMILES string of the molecule is CC(C)(N)C1(C2C3CC4CC(C3)CC2C4)NCCO1. The minimum atomic E-state index is -0.302. The zero-order valence-electron chi connectivity index (χ0n) is 12.3. The van der Waals surface area contributed by atoms with E-state index in [1.165, 1.54) is 32.1 Å². The van der Waals surface area contributed by atoms with Gasteiger partial charge in [0.15, 0.2) is 0 Å².